The van der Waals surface area contributed by atoms with Crippen molar-refractivity contribution in [3.05, 3.63) is 48.3 Å². The minimum atomic E-state index is -0.696. The summed E-state index contributed by atoms with van der Waals surface area (Å²) in [7, 11) is 1.62. The standard InChI is InChI=1S/C13H14N4O2/c1-19-12-6-4-10(5-7-12)17-8-2-3-11(17)9-15-16-13(14)18/h2-9H,1H3,(H3,14,16,18)/b15-9-. The zero-order valence-corrected chi connectivity index (χ0v) is 10.4. The lowest BCUT2D eigenvalue weighted by Gasteiger charge is -2.07. The Morgan fingerprint density at radius 1 is 1.37 bits per heavy atom. The minimum absolute atomic E-state index is 0.696. The summed E-state index contributed by atoms with van der Waals surface area (Å²) in [5.41, 5.74) is 8.87. The Bertz CT molecular complexity index is 587. The summed E-state index contributed by atoms with van der Waals surface area (Å²) in [5.74, 6) is 0.793. The number of carbonyl (C=O) groups is 1. The molecule has 0 aliphatic rings. The quantitative estimate of drug-likeness (QED) is 0.643. The van der Waals surface area contributed by atoms with Gasteiger partial charge in [0.25, 0.3) is 0 Å². The fourth-order valence-electron chi connectivity index (χ4n) is 1.64. The Kier molecular flexibility index (Phi) is 3.82. The SMILES string of the molecule is COc1ccc(-n2cccc2/C=N\NC(N)=O)cc1. The number of nitrogens with one attached hydrogen (secondary N) is 1. The van der Waals surface area contributed by atoms with Crippen LogP contribution in [0.4, 0.5) is 4.79 Å². The Labute approximate surface area is 110 Å². The van der Waals surface area contributed by atoms with Crippen LogP contribution >= 0.6 is 0 Å². The number of rotatable bonds is 4. The van der Waals surface area contributed by atoms with Crippen LogP contribution in [0.1, 0.15) is 5.69 Å². The first-order valence-electron chi connectivity index (χ1n) is 5.61. The number of ether oxygens (including phenoxy) is 1. The molecule has 0 spiro atoms. The third-order valence-corrected chi connectivity index (χ3v) is 2.50. The van der Waals surface area contributed by atoms with Crippen LogP contribution in [0.5, 0.6) is 5.75 Å². The maximum Gasteiger partial charge on any atom is 0.332 e. The van der Waals surface area contributed by atoms with Gasteiger partial charge in [-0.15, -0.1) is 0 Å². The van der Waals surface area contributed by atoms with Crippen LogP contribution in [0.3, 0.4) is 0 Å². The van der Waals surface area contributed by atoms with Crippen LogP contribution in [0.25, 0.3) is 5.69 Å². The van der Waals surface area contributed by atoms with Crippen molar-refractivity contribution in [2.45, 2.75) is 0 Å². The highest BCUT2D eigenvalue weighted by molar-refractivity contribution is 5.80. The molecular weight excluding hydrogens is 244 g/mol. The third-order valence-electron chi connectivity index (χ3n) is 2.50. The molecule has 1 aromatic heterocycles. The van der Waals surface area contributed by atoms with Crippen molar-refractivity contribution in [3.63, 3.8) is 0 Å². The van der Waals surface area contributed by atoms with E-state index >= 15 is 0 Å². The first-order chi connectivity index (χ1) is 9.20. The fourth-order valence-corrected chi connectivity index (χ4v) is 1.64. The Hall–Kier alpha value is -2.76. The smallest absolute Gasteiger partial charge is 0.332 e. The van der Waals surface area contributed by atoms with Gasteiger partial charge in [0.2, 0.25) is 0 Å². The molecule has 6 heteroatoms. The van der Waals surface area contributed by atoms with Gasteiger partial charge in [0.05, 0.1) is 19.0 Å². The lowest BCUT2D eigenvalue weighted by Crippen LogP contribution is -2.24. The third kappa shape index (κ3) is 3.12. The van der Waals surface area contributed by atoms with Gasteiger partial charge in [-0.2, -0.15) is 5.10 Å². The monoisotopic (exact) mass is 258 g/mol. The lowest BCUT2D eigenvalue weighted by atomic mass is 10.3. The van der Waals surface area contributed by atoms with Crippen LogP contribution < -0.4 is 15.9 Å². The van der Waals surface area contributed by atoms with Crippen molar-refractivity contribution in [3.8, 4) is 11.4 Å². The largest absolute Gasteiger partial charge is 0.497 e. The minimum Gasteiger partial charge on any atom is -0.497 e. The summed E-state index contributed by atoms with van der Waals surface area (Å²) >= 11 is 0. The van der Waals surface area contributed by atoms with Crippen LogP contribution in [0.15, 0.2) is 47.7 Å². The Morgan fingerprint density at radius 2 is 2.11 bits per heavy atom. The van der Waals surface area contributed by atoms with Gasteiger partial charge in [-0.25, -0.2) is 10.2 Å². The summed E-state index contributed by atoms with van der Waals surface area (Å²) in [5, 5.41) is 3.74. The average Bonchev–Trinajstić information content (AvgIpc) is 2.87. The van der Waals surface area contributed by atoms with Crippen molar-refractivity contribution >= 4 is 12.2 Å². The molecule has 0 unspecified atom stereocenters. The van der Waals surface area contributed by atoms with Gasteiger partial charge >= 0.3 is 6.03 Å². The van der Waals surface area contributed by atoms with Crippen LogP contribution in [0, 0.1) is 0 Å². The number of carbonyl (C=O) groups excluding carboxylic acids is 1. The van der Waals surface area contributed by atoms with Crippen molar-refractivity contribution < 1.29 is 9.53 Å². The van der Waals surface area contributed by atoms with Crippen molar-refractivity contribution in [2.24, 2.45) is 10.8 Å². The molecule has 0 aliphatic carbocycles. The van der Waals surface area contributed by atoms with Gasteiger partial charge in [0.1, 0.15) is 5.75 Å². The maximum absolute atomic E-state index is 10.5. The van der Waals surface area contributed by atoms with E-state index in [9.17, 15) is 4.79 Å². The molecule has 0 bridgehead atoms. The summed E-state index contributed by atoms with van der Waals surface area (Å²) in [4.78, 5) is 10.5. The van der Waals surface area contributed by atoms with E-state index in [-0.39, 0.29) is 0 Å². The predicted octanol–water partition coefficient (Wildman–Crippen LogP) is 1.49. The van der Waals surface area contributed by atoms with Gasteiger partial charge in [0.15, 0.2) is 0 Å². The summed E-state index contributed by atoms with van der Waals surface area (Å²) in [6, 6.07) is 10.7. The molecular formula is C13H14N4O2. The molecule has 0 radical (unpaired) electrons. The normalized spacial score (nSPS) is 10.6. The second-order valence-corrected chi connectivity index (χ2v) is 3.74. The van der Waals surface area contributed by atoms with Crippen molar-refractivity contribution in [1.29, 1.82) is 0 Å². The molecule has 6 nitrogen and oxygen atoms in total. The number of hydrazone groups is 1. The van der Waals surface area contributed by atoms with Crippen molar-refractivity contribution in [2.75, 3.05) is 7.11 Å². The molecule has 0 fully saturated rings. The van der Waals surface area contributed by atoms with E-state index in [0.717, 1.165) is 17.1 Å². The highest BCUT2D eigenvalue weighted by Gasteiger charge is 2.01. The number of benzene rings is 1. The van der Waals surface area contributed by atoms with E-state index in [2.05, 4.69) is 10.5 Å². The van der Waals surface area contributed by atoms with E-state index < -0.39 is 6.03 Å². The lowest BCUT2D eigenvalue weighted by molar-refractivity contribution is 0.249. The zero-order valence-electron chi connectivity index (χ0n) is 10.4. The number of aromatic nitrogens is 1. The second kappa shape index (κ2) is 5.72. The molecule has 98 valence electrons. The molecule has 19 heavy (non-hydrogen) atoms. The highest BCUT2D eigenvalue weighted by Crippen LogP contribution is 2.16. The van der Waals surface area contributed by atoms with E-state index in [4.69, 9.17) is 10.5 Å². The fraction of sp³-hybridized carbons (Fsp3) is 0.0769. The summed E-state index contributed by atoms with van der Waals surface area (Å²) in [6.07, 6.45) is 3.42. The average molecular weight is 258 g/mol. The van der Waals surface area contributed by atoms with Crippen LogP contribution in [0.2, 0.25) is 0 Å². The Morgan fingerprint density at radius 3 is 2.74 bits per heavy atom. The maximum atomic E-state index is 10.5. The van der Waals surface area contributed by atoms with Crippen LogP contribution in [-0.4, -0.2) is 23.9 Å². The number of hydrogen-bond donors (Lipinski definition) is 2. The number of amides is 2. The van der Waals surface area contributed by atoms with Crippen LogP contribution in [-0.2, 0) is 0 Å². The molecule has 1 heterocycles. The molecule has 2 aromatic rings. The number of methoxy groups -OCH3 is 1. The molecule has 0 saturated carbocycles. The summed E-state index contributed by atoms with van der Waals surface area (Å²) in [6.45, 7) is 0. The van der Waals surface area contributed by atoms with Crippen molar-refractivity contribution in [1.82, 2.24) is 9.99 Å². The van der Waals surface area contributed by atoms with Gasteiger partial charge in [-0.05, 0) is 36.4 Å². The second-order valence-electron chi connectivity index (χ2n) is 3.74. The topological polar surface area (TPSA) is 81.6 Å². The van der Waals surface area contributed by atoms with Gasteiger partial charge < -0.3 is 15.0 Å². The van der Waals surface area contributed by atoms with Gasteiger partial charge in [0, 0.05) is 11.9 Å². The molecule has 0 aliphatic heterocycles. The predicted molar refractivity (Wildman–Crippen MR) is 72.6 cm³/mol. The number of primary amides is 1. The molecule has 2 rings (SSSR count). The molecule has 0 atom stereocenters. The number of urea groups is 1. The highest BCUT2D eigenvalue weighted by atomic mass is 16.5. The molecule has 3 N–H and O–H groups in total. The zero-order chi connectivity index (χ0) is 13.7. The first kappa shape index (κ1) is 12.7. The van der Waals surface area contributed by atoms with E-state index in [1.165, 1.54) is 6.21 Å². The molecule has 1 aromatic carbocycles. The number of nitrogens with zero attached hydrogens (tertiary/aromatic N) is 2. The summed E-state index contributed by atoms with van der Waals surface area (Å²) < 4.78 is 7.03. The number of hydrogen-bond acceptors (Lipinski definition) is 3. The van der Waals surface area contributed by atoms with Gasteiger partial charge in [-0.1, -0.05) is 0 Å². The van der Waals surface area contributed by atoms with E-state index in [0.29, 0.717) is 0 Å². The van der Waals surface area contributed by atoms with E-state index in [1.54, 1.807) is 7.11 Å². The number of nitrogens with two attached hydrogens (primary N) is 1. The first-order valence-corrected chi connectivity index (χ1v) is 5.61. The molecule has 2 amide bonds. The molecule has 0 saturated heterocycles. The Balaban J connectivity index is 2.22. The van der Waals surface area contributed by atoms with Gasteiger partial charge in [-0.3, -0.25) is 0 Å². The van der Waals surface area contributed by atoms with E-state index in [1.807, 2.05) is 47.2 Å².